The Kier molecular flexibility index (Phi) is 5.73. The predicted octanol–water partition coefficient (Wildman–Crippen LogP) is 4.94. The van der Waals surface area contributed by atoms with Gasteiger partial charge in [-0.15, -0.1) is 11.3 Å². The molecule has 3 N–H and O–H groups in total. The van der Waals surface area contributed by atoms with Gasteiger partial charge in [0.15, 0.2) is 0 Å². The lowest BCUT2D eigenvalue weighted by Gasteiger charge is -2.10. The van der Waals surface area contributed by atoms with E-state index in [2.05, 4.69) is 10.6 Å². The first-order valence-corrected chi connectivity index (χ1v) is 9.17. The standard InChI is InChI=1S/C20H18N2O4S/c1-2-26-20(25)21-15-8-5-13(6-9-15)19(24)22-16-12-14(7-10-17(16)23)18-4-3-11-27-18/h3-12,23H,2H2,1H3,(H,21,25)(H,22,24). The van der Waals surface area contributed by atoms with E-state index in [1.807, 2.05) is 17.5 Å². The molecule has 0 unspecified atom stereocenters. The van der Waals surface area contributed by atoms with E-state index in [-0.39, 0.29) is 18.3 Å². The van der Waals surface area contributed by atoms with Gasteiger partial charge in [-0.1, -0.05) is 6.07 Å². The van der Waals surface area contributed by atoms with Gasteiger partial charge in [-0.05, 0) is 66.4 Å². The van der Waals surface area contributed by atoms with Crippen molar-refractivity contribution >= 4 is 34.7 Å². The molecule has 0 aliphatic heterocycles. The minimum Gasteiger partial charge on any atom is -0.506 e. The average molecular weight is 382 g/mol. The molecule has 0 bridgehead atoms. The third-order valence-corrected chi connectivity index (χ3v) is 4.64. The predicted molar refractivity (Wildman–Crippen MR) is 106 cm³/mol. The molecule has 0 atom stereocenters. The van der Waals surface area contributed by atoms with Gasteiger partial charge >= 0.3 is 6.09 Å². The van der Waals surface area contributed by atoms with Gasteiger partial charge in [0.25, 0.3) is 5.91 Å². The summed E-state index contributed by atoms with van der Waals surface area (Å²) in [6, 6.07) is 15.4. The number of benzene rings is 2. The maximum atomic E-state index is 12.5. The summed E-state index contributed by atoms with van der Waals surface area (Å²) in [6.07, 6.45) is -0.551. The molecule has 0 spiro atoms. The molecule has 0 aliphatic carbocycles. The Morgan fingerprint density at radius 3 is 2.52 bits per heavy atom. The maximum Gasteiger partial charge on any atom is 0.411 e. The first-order chi connectivity index (χ1) is 13.1. The molecule has 2 aromatic carbocycles. The molecule has 0 aliphatic rings. The van der Waals surface area contributed by atoms with Crippen LogP contribution in [-0.2, 0) is 4.74 Å². The van der Waals surface area contributed by atoms with Gasteiger partial charge in [-0.25, -0.2) is 4.79 Å². The minimum atomic E-state index is -0.551. The number of thiophene rings is 1. The van der Waals surface area contributed by atoms with Crippen LogP contribution in [0.2, 0.25) is 0 Å². The van der Waals surface area contributed by atoms with Crippen molar-refractivity contribution in [2.75, 3.05) is 17.2 Å². The van der Waals surface area contributed by atoms with Gasteiger partial charge in [0.1, 0.15) is 5.75 Å². The minimum absolute atomic E-state index is 0.00995. The van der Waals surface area contributed by atoms with E-state index in [1.165, 1.54) is 0 Å². The molecular formula is C20H18N2O4S. The molecule has 1 aromatic heterocycles. The first kappa shape index (κ1) is 18.5. The number of ether oxygens (including phenoxy) is 1. The normalized spacial score (nSPS) is 10.3. The fraction of sp³-hybridized carbons (Fsp3) is 0.100. The van der Waals surface area contributed by atoms with E-state index in [1.54, 1.807) is 60.7 Å². The van der Waals surface area contributed by atoms with Crippen LogP contribution in [0.4, 0.5) is 16.2 Å². The Balaban J connectivity index is 1.72. The lowest BCUT2D eigenvalue weighted by atomic mass is 10.1. The van der Waals surface area contributed by atoms with Crippen LogP contribution in [0.15, 0.2) is 60.0 Å². The highest BCUT2D eigenvalue weighted by atomic mass is 32.1. The number of phenols is 1. The van der Waals surface area contributed by atoms with Crippen LogP contribution in [0.3, 0.4) is 0 Å². The average Bonchev–Trinajstić information content (AvgIpc) is 3.19. The monoisotopic (exact) mass is 382 g/mol. The number of phenolic OH excluding ortho intramolecular Hbond substituents is 1. The summed E-state index contributed by atoms with van der Waals surface area (Å²) < 4.78 is 4.80. The number of hydrogen-bond acceptors (Lipinski definition) is 5. The summed E-state index contributed by atoms with van der Waals surface area (Å²) in [5.74, 6) is -0.374. The molecule has 1 heterocycles. The second-order valence-corrected chi connectivity index (χ2v) is 6.53. The maximum absolute atomic E-state index is 12.5. The molecular weight excluding hydrogens is 364 g/mol. The molecule has 0 saturated heterocycles. The van der Waals surface area contributed by atoms with Crippen LogP contribution in [0.5, 0.6) is 5.75 Å². The van der Waals surface area contributed by atoms with Crippen molar-refractivity contribution in [2.24, 2.45) is 0 Å². The largest absolute Gasteiger partial charge is 0.506 e. The summed E-state index contributed by atoms with van der Waals surface area (Å²) in [5, 5.41) is 17.3. The zero-order valence-electron chi connectivity index (χ0n) is 14.6. The Hall–Kier alpha value is -3.32. The van der Waals surface area contributed by atoms with Gasteiger partial charge < -0.3 is 15.2 Å². The van der Waals surface area contributed by atoms with E-state index in [0.29, 0.717) is 16.9 Å². The van der Waals surface area contributed by atoms with Gasteiger partial charge in [-0.2, -0.15) is 0 Å². The second kappa shape index (κ2) is 8.37. The number of amides is 2. The van der Waals surface area contributed by atoms with E-state index in [4.69, 9.17) is 4.74 Å². The molecule has 0 radical (unpaired) electrons. The molecule has 7 heteroatoms. The summed E-state index contributed by atoms with van der Waals surface area (Å²) in [5.41, 5.74) is 2.16. The topological polar surface area (TPSA) is 87.7 Å². The van der Waals surface area contributed by atoms with Crippen molar-refractivity contribution in [2.45, 2.75) is 6.92 Å². The third kappa shape index (κ3) is 4.65. The fourth-order valence-electron chi connectivity index (χ4n) is 2.42. The van der Waals surface area contributed by atoms with Crippen molar-refractivity contribution in [1.29, 1.82) is 0 Å². The van der Waals surface area contributed by atoms with Crippen LogP contribution in [0.1, 0.15) is 17.3 Å². The van der Waals surface area contributed by atoms with Gasteiger partial charge in [0.2, 0.25) is 0 Å². The van der Waals surface area contributed by atoms with Crippen LogP contribution < -0.4 is 10.6 Å². The van der Waals surface area contributed by atoms with Crippen molar-refractivity contribution < 1.29 is 19.4 Å². The summed E-state index contributed by atoms with van der Waals surface area (Å²) >= 11 is 1.58. The smallest absolute Gasteiger partial charge is 0.411 e. The fourth-order valence-corrected chi connectivity index (χ4v) is 3.14. The lowest BCUT2D eigenvalue weighted by molar-refractivity contribution is 0.102. The third-order valence-electron chi connectivity index (χ3n) is 3.72. The van der Waals surface area contributed by atoms with Crippen molar-refractivity contribution in [3.63, 3.8) is 0 Å². The highest BCUT2D eigenvalue weighted by Crippen LogP contribution is 2.32. The number of hydrogen-bond donors (Lipinski definition) is 3. The van der Waals surface area contributed by atoms with Gasteiger partial charge in [0.05, 0.1) is 12.3 Å². The molecule has 6 nitrogen and oxygen atoms in total. The number of aromatic hydroxyl groups is 1. The highest BCUT2D eigenvalue weighted by molar-refractivity contribution is 7.13. The Morgan fingerprint density at radius 1 is 1.07 bits per heavy atom. The molecule has 3 aromatic rings. The quantitative estimate of drug-likeness (QED) is 0.545. The summed E-state index contributed by atoms with van der Waals surface area (Å²) in [7, 11) is 0. The zero-order valence-corrected chi connectivity index (χ0v) is 15.4. The summed E-state index contributed by atoms with van der Waals surface area (Å²) in [4.78, 5) is 24.9. The lowest BCUT2D eigenvalue weighted by Crippen LogP contribution is -2.14. The number of carbonyl (C=O) groups excluding carboxylic acids is 2. The number of carbonyl (C=O) groups is 2. The van der Waals surface area contributed by atoms with Crippen LogP contribution in [0.25, 0.3) is 10.4 Å². The highest BCUT2D eigenvalue weighted by Gasteiger charge is 2.11. The number of anilines is 2. The number of rotatable bonds is 5. The van der Waals surface area contributed by atoms with Crippen LogP contribution in [0, 0.1) is 0 Å². The second-order valence-electron chi connectivity index (χ2n) is 5.59. The van der Waals surface area contributed by atoms with E-state index in [9.17, 15) is 14.7 Å². The van der Waals surface area contributed by atoms with E-state index in [0.717, 1.165) is 10.4 Å². The zero-order chi connectivity index (χ0) is 19.2. The van der Waals surface area contributed by atoms with Crippen LogP contribution >= 0.6 is 11.3 Å². The molecule has 0 saturated carbocycles. The molecule has 2 amide bonds. The van der Waals surface area contributed by atoms with Crippen molar-refractivity contribution in [3.05, 3.63) is 65.5 Å². The summed E-state index contributed by atoms with van der Waals surface area (Å²) in [6.45, 7) is 2.00. The molecule has 0 fully saturated rings. The van der Waals surface area contributed by atoms with Crippen LogP contribution in [-0.4, -0.2) is 23.7 Å². The molecule has 27 heavy (non-hydrogen) atoms. The molecule has 3 rings (SSSR count). The van der Waals surface area contributed by atoms with E-state index >= 15 is 0 Å². The molecule has 138 valence electrons. The number of nitrogens with one attached hydrogen (secondary N) is 2. The SMILES string of the molecule is CCOC(=O)Nc1ccc(C(=O)Nc2cc(-c3cccs3)ccc2O)cc1. The first-order valence-electron chi connectivity index (χ1n) is 8.29. The Morgan fingerprint density at radius 2 is 1.85 bits per heavy atom. The van der Waals surface area contributed by atoms with Gasteiger partial charge in [0, 0.05) is 16.1 Å². The van der Waals surface area contributed by atoms with Gasteiger partial charge in [-0.3, -0.25) is 10.1 Å². The van der Waals surface area contributed by atoms with E-state index < -0.39 is 6.09 Å². The Labute approximate surface area is 160 Å². The van der Waals surface area contributed by atoms with Crippen molar-refractivity contribution in [3.8, 4) is 16.2 Å². The van der Waals surface area contributed by atoms with Crippen molar-refractivity contribution in [1.82, 2.24) is 0 Å². The Bertz CT molecular complexity index is 937.